The molecule has 1 fully saturated rings. The first-order valence-corrected chi connectivity index (χ1v) is 6.03. The third-order valence-electron chi connectivity index (χ3n) is 2.13. The highest BCUT2D eigenvalue weighted by Gasteiger charge is 2.19. The zero-order chi connectivity index (χ0) is 9.19. The first-order valence-electron chi connectivity index (χ1n) is 4.18. The van der Waals surface area contributed by atoms with Crippen molar-refractivity contribution in [2.45, 2.75) is 19.4 Å². The van der Waals surface area contributed by atoms with Crippen LogP contribution in [0.1, 0.15) is 13.3 Å². The molecule has 1 rings (SSSR count). The van der Waals surface area contributed by atoms with Crippen molar-refractivity contribution in [1.82, 2.24) is 9.62 Å². The van der Waals surface area contributed by atoms with E-state index in [-0.39, 0.29) is 0 Å². The van der Waals surface area contributed by atoms with Crippen LogP contribution in [0.25, 0.3) is 0 Å². The molecule has 12 heavy (non-hydrogen) atoms. The van der Waals surface area contributed by atoms with E-state index in [1.807, 2.05) is 0 Å². The fourth-order valence-electron chi connectivity index (χ4n) is 1.32. The summed E-state index contributed by atoms with van der Waals surface area (Å²) in [4.78, 5) is 0. The Hall–Kier alpha value is -0.130. The van der Waals surface area contributed by atoms with Gasteiger partial charge in [-0.2, -0.15) is 0 Å². The molecule has 1 atom stereocenters. The summed E-state index contributed by atoms with van der Waals surface area (Å²) >= 11 is 0. The van der Waals surface area contributed by atoms with Crippen molar-refractivity contribution in [3.8, 4) is 0 Å². The summed E-state index contributed by atoms with van der Waals surface area (Å²) in [5.41, 5.74) is 0. The lowest BCUT2D eigenvalue weighted by atomic mass is 10.2. The Morgan fingerprint density at radius 1 is 1.42 bits per heavy atom. The van der Waals surface area contributed by atoms with Gasteiger partial charge in [-0.1, -0.05) is 0 Å². The summed E-state index contributed by atoms with van der Waals surface area (Å²) in [5, 5.41) is 3.24. The van der Waals surface area contributed by atoms with Gasteiger partial charge < -0.3 is 5.32 Å². The lowest BCUT2D eigenvalue weighted by Crippen LogP contribution is -2.33. The minimum atomic E-state index is -2.98. The quantitative estimate of drug-likeness (QED) is 0.616. The highest BCUT2D eigenvalue weighted by atomic mass is 32.2. The van der Waals surface area contributed by atoms with Crippen LogP contribution >= 0.6 is 0 Å². The van der Waals surface area contributed by atoms with E-state index >= 15 is 0 Å². The monoisotopic (exact) mass is 192 g/mol. The summed E-state index contributed by atoms with van der Waals surface area (Å²) in [6.07, 6.45) is 2.16. The summed E-state index contributed by atoms with van der Waals surface area (Å²) in [5.74, 6) is 0. The van der Waals surface area contributed by atoms with Crippen molar-refractivity contribution in [2.75, 3.05) is 25.9 Å². The zero-order valence-electron chi connectivity index (χ0n) is 7.58. The van der Waals surface area contributed by atoms with E-state index in [0.717, 1.165) is 13.0 Å². The van der Waals surface area contributed by atoms with Gasteiger partial charge in [-0.3, -0.25) is 0 Å². The second-order valence-corrected chi connectivity index (χ2v) is 5.29. The number of rotatable bonds is 1. The molecule has 0 bridgehead atoms. The Morgan fingerprint density at radius 3 is 2.67 bits per heavy atom. The fraction of sp³-hybridized carbons (Fsp3) is 1.00. The molecule has 1 saturated heterocycles. The molecule has 0 aliphatic carbocycles. The Kier molecular flexibility index (Phi) is 3.09. The highest BCUT2D eigenvalue weighted by Crippen LogP contribution is 2.04. The van der Waals surface area contributed by atoms with Gasteiger partial charge in [0, 0.05) is 25.7 Å². The maximum Gasteiger partial charge on any atom is 0.211 e. The van der Waals surface area contributed by atoms with E-state index in [0.29, 0.717) is 19.1 Å². The Morgan fingerprint density at radius 2 is 2.08 bits per heavy atom. The van der Waals surface area contributed by atoms with Crippen LogP contribution in [0.5, 0.6) is 0 Å². The van der Waals surface area contributed by atoms with Crippen molar-refractivity contribution in [3.05, 3.63) is 0 Å². The molecule has 0 saturated carbocycles. The second-order valence-electron chi connectivity index (χ2n) is 3.31. The van der Waals surface area contributed by atoms with Crippen LogP contribution in [0, 0.1) is 0 Å². The minimum Gasteiger partial charge on any atom is -0.313 e. The molecule has 0 spiro atoms. The van der Waals surface area contributed by atoms with Gasteiger partial charge in [0.05, 0.1) is 6.26 Å². The van der Waals surface area contributed by atoms with Crippen molar-refractivity contribution in [1.29, 1.82) is 0 Å². The number of hydrogen-bond acceptors (Lipinski definition) is 3. The first kappa shape index (κ1) is 9.95. The summed E-state index contributed by atoms with van der Waals surface area (Å²) in [6.45, 7) is 4.08. The van der Waals surface area contributed by atoms with E-state index in [4.69, 9.17) is 0 Å². The van der Waals surface area contributed by atoms with Gasteiger partial charge in [-0.15, -0.1) is 0 Å². The van der Waals surface area contributed by atoms with Crippen LogP contribution in [0.3, 0.4) is 0 Å². The molecule has 0 amide bonds. The lowest BCUT2D eigenvalue weighted by molar-refractivity contribution is 0.433. The van der Waals surface area contributed by atoms with E-state index in [1.165, 1.54) is 10.6 Å². The molecule has 1 aliphatic rings. The molecule has 1 unspecified atom stereocenters. The number of sulfonamides is 1. The Balaban J connectivity index is 2.58. The van der Waals surface area contributed by atoms with Crippen molar-refractivity contribution in [2.24, 2.45) is 0 Å². The molecule has 0 aromatic heterocycles. The molecule has 1 aliphatic heterocycles. The van der Waals surface area contributed by atoms with E-state index < -0.39 is 10.0 Å². The van der Waals surface area contributed by atoms with E-state index in [9.17, 15) is 8.42 Å². The molecule has 5 heteroatoms. The molecular weight excluding hydrogens is 176 g/mol. The van der Waals surface area contributed by atoms with Crippen LogP contribution in [0.4, 0.5) is 0 Å². The molecule has 0 aromatic rings. The second kappa shape index (κ2) is 3.72. The molecule has 72 valence electrons. The van der Waals surface area contributed by atoms with Gasteiger partial charge in [0.2, 0.25) is 10.0 Å². The normalized spacial score (nSPS) is 28.3. The Bertz CT molecular complexity index is 238. The van der Waals surface area contributed by atoms with Crippen LogP contribution in [-0.4, -0.2) is 44.7 Å². The van der Waals surface area contributed by atoms with Gasteiger partial charge in [0.1, 0.15) is 0 Å². The predicted molar refractivity (Wildman–Crippen MR) is 48.5 cm³/mol. The average molecular weight is 192 g/mol. The van der Waals surface area contributed by atoms with E-state index in [2.05, 4.69) is 12.2 Å². The summed E-state index contributed by atoms with van der Waals surface area (Å²) in [7, 11) is -2.98. The van der Waals surface area contributed by atoms with Gasteiger partial charge in [0.15, 0.2) is 0 Å². The largest absolute Gasteiger partial charge is 0.313 e. The van der Waals surface area contributed by atoms with Gasteiger partial charge in [-0.05, 0) is 13.3 Å². The van der Waals surface area contributed by atoms with Crippen LogP contribution in [0.15, 0.2) is 0 Å². The average Bonchev–Trinajstić information content (AvgIpc) is 2.11. The fourth-order valence-corrected chi connectivity index (χ4v) is 2.18. The van der Waals surface area contributed by atoms with Crippen molar-refractivity contribution >= 4 is 10.0 Å². The highest BCUT2D eigenvalue weighted by molar-refractivity contribution is 7.88. The van der Waals surface area contributed by atoms with Crippen LogP contribution < -0.4 is 5.32 Å². The van der Waals surface area contributed by atoms with Crippen LogP contribution in [-0.2, 0) is 10.0 Å². The topological polar surface area (TPSA) is 49.4 Å². The van der Waals surface area contributed by atoms with Crippen molar-refractivity contribution < 1.29 is 8.42 Å². The Labute approximate surface area is 74.0 Å². The standard InChI is InChI=1S/C7H16N2O2S/c1-7-3-5-9(6-4-8-7)12(2,10)11/h7-8H,3-6H2,1-2H3. The summed E-state index contributed by atoms with van der Waals surface area (Å²) in [6, 6.07) is 0.428. The smallest absolute Gasteiger partial charge is 0.211 e. The maximum absolute atomic E-state index is 11.1. The summed E-state index contributed by atoms with van der Waals surface area (Å²) < 4.78 is 23.8. The number of nitrogens with zero attached hydrogens (tertiary/aromatic N) is 1. The number of nitrogens with one attached hydrogen (secondary N) is 1. The molecule has 1 N–H and O–H groups in total. The van der Waals surface area contributed by atoms with Crippen molar-refractivity contribution in [3.63, 3.8) is 0 Å². The maximum atomic E-state index is 11.1. The predicted octanol–water partition coefficient (Wildman–Crippen LogP) is -0.370. The third-order valence-corrected chi connectivity index (χ3v) is 3.44. The molecule has 0 aromatic carbocycles. The van der Waals surface area contributed by atoms with E-state index in [1.54, 1.807) is 0 Å². The van der Waals surface area contributed by atoms with Gasteiger partial charge >= 0.3 is 0 Å². The molecule has 1 heterocycles. The third kappa shape index (κ3) is 2.73. The molecular formula is C7H16N2O2S. The molecule has 4 nitrogen and oxygen atoms in total. The zero-order valence-corrected chi connectivity index (χ0v) is 8.39. The molecule has 0 radical (unpaired) electrons. The minimum absolute atomic E-state index is 0.428. The first-order chi connectivity index (χ1) is 5.50. The lowest BCUT2D eigenvalue weighted by Gasteiger charge is -2.15. The SMILES string of the molecule is CC1CCN(S(C)(=O)=O)CCN1. The van der Waals surface area contributed by atoms with Gasteiger partial charge in [0.25, 0.3) is 0 Å². The van der Waals surface area contributed by atoms with Gasteiger partial charge in [-0.25, -0.2) is 12.7 Å². The van der Waals surface area contributed by atoms with Crippen LogP contribution in [0.2, 0.25) is 0 Å². The number of hydrogen-bond donors (Lipinski definition) is 1.